The molecule has 0 saturated heterocycles. The topological polar surface area (TPSA) is 63.2 Å². The van der Waals surface area contributed by atoms with Crippen molar-refractivity contribution in [1.82, 2.24) is 4.72 Å². The van der Waals surface area contributed by atoms with Crippen molar-refractivity contribution in [2.75, 3.05) is 0 Å². The van der Waals surface area contributed by atoms with E-state index < -0.39 is 16.1 Å². The van der Waals surface area contributed by atoms with E-state index in [-0.39, 0.29) is 4.21 Å². The van der Waals surface area contributed by atoms with Crippen molar-refractivity contribution in [3.8, 4) is 0 Å². The Hall–Kier alpha value is -2.28. The van der Waals surface area contributed by atoms with Gasteiger partial charge in [-0.05, 0) is 46.3 Å². The molecule has 0 aliphatic rings. The molecular formula is C19H17NO3S2. The van der Waals surface area contributed by atoms with Crippen LogP contribution in [0.2, 0.25) is 0 Å². The van der Waals surface area contributed by atoms with Gasteiger partial charge in [-0.3, -0.25) is 4.79 Å². The molecule has 0 aliphatic carbocycles. The lowest BCUT2D eigenvalue weighted by Gasteiger charge is -2.18. The highest BCUT2D eigenvalue weighted by Crippen LogP contribution is 2.26. The van der Waals surface area contributed by atoms with Gasteiger partial charge in [0, 0.05) is 0 Å². The van der Waals surface area contributed by atoms with Crippen molar-refractivity contribution < 1.29 is 13.2 Å². The van der Waals surface area contributed by atoms with Gasteiger partial charge in [0.1, 0.15) is 10.5 Å². The van der Waals surface area contributed by atoms with E-state index in [1.54, 1.807) is 23.6 Å². The number of sulfonamides is 1. The summed E-state index contributed by atoms with van der Waals surface area (Å²) in [5.41, 5.74) is 0.856. The lowest BCUT2D eigenvalue weighted by Crippen LogP contribution is -2.27. The van der Waals surface area contributed by atoms with E-state index in [2.05, 4.69) is 4.72 Å². The maximum Gasteiger partial charge on any atom is 0.250 e. The number of carbonyl (C=O) groups is 1. The number of carbonyl (C=O) groups excluding carboxylic acids is 1. The third-order valence-electron chi connectivity index (χ3n) is 3.82. The molecule has 3 aromatic rings. The summed E-state index contributed by atoms with van der Waals surface area (Å²) in [6.07, 6.45) is 4.13. The summed E-state index contributed by atoms with van der Waals surface area (Å²) in [6.45, 7) is 0. The molecule has 128 valence electrons. The maximum absolute atomic E-state index is 12.6. The van der Waals surface area contributed by atoms with Crippen molar-refractivity contribution in [3.05, 3.63) is 77.7 Å². The normalized spacial score (nSPS) is 13.3. The van der Waals surface area contributed by atoms with E-state index in [1.165, 1.54) is 17.4 Å². The number of nitrogens with one attached hydrogen (secondary N) is 1. The number of rotatable bonds is 7. The summed E-state index contributed by atoms with van der Waals surface area (Å²) in [7, 11) is -3.61. The van der Waals surface area contributed by atoms with Gasteiger partial charge in [-0.1, -0.05) is 48.5 Å². The van der Waals surface area contributed by atoms with E-state index in [9.17, 15) is 13.2 Å². The Kier molecular flexibility index (Phi) is 5.43. The number of hydrogen-bond donors (Lipinski definition) is 1. The van der Waals surface area contributed by atoms with Crippen LogP contribution in [-0.4, -0.2) is 14.7 Å². The molecule has 0 saturated carbocycles. The van der Waals surface area contributed by atoms with Crippen LogP contribution in [0.1, 0.15) is 18.0 Å². The fourth-order valence-corrected chi connectivity index (χ4v) is 4.86. The predicted molar refractivity (Wildman–Crippen MR) is 101 cm³/mol. The van der Waals surface area contributed by atoms with Gasteiger partial charge < -0.3 is 0 Å². The monoisotopic (exact) mass is 371 g/mol. The molecule has 1 N–H and O–H groups in total. The molecule has 0 aliphatic heterocycles. The van der Waals surface area contributed by atoms with Gasteiger partial charge in [-0.2, -0.15) is 0 Å². The third-order valence-corrected chi connectivity index (χ3v) is 6.69. The second-order valence-electron chi connectivity index (χ2n) is 5.51. The van der Waals surface area contributed by atoms with Crippen molar-refractivity contribution in [1.29, 1.82) is 0 Å². The van der Waals surface area contributed by atoms with E-state index in [0.29, 0.717) is 12.7 Å². The van der Waals surface area contributed by atoms with Crippen LogP contribution in [0, 0.1) is 0 Å². The minimum atomic E-state index is -3.61. The van der Waals surface area contributed by atoms with Crippen LogP contribution in [0.3, 0.4) is 0 Å². The quantitative estimate of drug-likeness (QED) is 0.503. The van der Waals surface area contributed by atoms with Gasteiger partial charge in [0.15, 0.2) is 0 Å². The number of benzene rings is 2. The van der Waals surface area contributed by atoms with E-state index in [4.69, 9.17) is 0 Å². The Balaban J connectivity index is 1.95. The van der Waals surface area contributed by atoms with Gasteiger partial charge in [0.05, 0.1) is 6.04 Å². The number of thiophene rings is 1. The number of fused-ring (bicyclic) bond motifs is 1. The Bertz CT molecular complexity index is 992. The fraction of sp³-hybridized carbons (Fsp3) is 0.105. The van der Waals surface area contributed by atoms with Gasteiger partial charge in [0.25, 0.3) is 10.0 Å². The van der Waals surface area contributed by atoms with Crippen molar-refractivity contribution >= 4 is 38.4 Å². The Labute approximate surface area is 150 Å². The summed E-state index contributed by atoms with van der Waals surface area (Å²) in [6, 6.07) is 16.6. The van der Waals surface area contributed by atoms with Gasteiger partial charge >= 0.3 is 0 Å². The highest BCUT2D eigenvalue weighted by molar-refractivity contribution is 7.91. The van der Waals surface area contributed by atoms with Crippen LogP contribution in [0.15, 0.2) is 76.3 Å². The van der Waals surface area contributed by atoms with Crippen molar-refractivity contribution in [2.45, 2.75) is 16.7 Å². The van der Waals surface area contributed by atoms with Crippen LogP contribution in [0.4, 0.5) is 0 Å². The molecule has 1 heterocycles. The Morgan fingerprint density at radius 1 is 1.04 bits per heavy atom. The highest BCUT2D eigenvalue weighted by Gasteiger charge is 2.21. The van der Waals surface area contributed by atoms with E-state index >= 15 is 0 Å². The molecule has 4 nitrogen and oxygen atoms in total. The first-order chi connectivity index (χ1) is 12.1. The highest BCUT2D eigenvalue weighted by atomic mass is 32.2. The molecule has 1 aromatic heterocycles. The summed E-state index contributed by atoms with van der Waals surface area (Å²) < 4.78 is 28.2. The van der Waals surface area contributed by atoms with Crippen molar-refractivity contribution in [2.24, 2.45) is 0 Å². The number of allylic oxidation sites excluding steroid dienone is 1. The molecule has 0 unspecified atom stereocenters. The number of hydrogen-bond acceptors (Lipinski definition) is 4. The zero-order chi connectivity index (χ0) is 17.7. The predicted octanol–water partition coefficient (Wildman–Crippen LogP) is 4.07. The van der Waals surface area contributed by atoms with Crippen LogP contribution >= 0.6 is 11.3 Å². The molecule has 0 fully saturated rings. The average Bonchev–Trinajstić information content (AvgIpc) is 3.16. The summed E-state index contributed by atoms with van der Waals surface area (Å²) in [5, 5.41) is 3.86. The molecule has 0 amide bonds. The summed E-state index contributed by atoms with van der Waals surface area (Å²) in [5.74, 6) is 0. The lowest BCUT2D eigenvalue weighted by molar-refractivity contribution is -0.104. The lowest BCUT2D eigenvalue weighted by atomic mass is 10.0. The molecule has 25 heavy (non-hydrogen) atoms. The van der Waals surface area contributed by atoms with Crippen LogP contribution in [0.25, 0.3) is 10.8 Å². The van der Waals surface area contributed by atoms with Crippen LogP contribution < -0.4 is 4.72 Å². The minimum Gasteiger partial charge on any atom is -0.299 e. The van der Waals surface area contributed by atoms with Gasteiger partial charge in [-0.15, -0.1) is 11.3 Å². The SMILES string of the molecule is O=C/C=C/C[C@@H](NS(=O)(=O)c1cccs1)c1ccc2ccccc2c1. The number of aldehydes is 1. The van der Waals surface area contributed by atoms with Crippen LogP contribution in [0.5, 0.6) is 0 Å². The molecule has 0 spiro atoms. The second kappa shape index (κ2) is 7.74. The minimum absolute atomic E-state index is 0.276. The molecule has 3 rings (SSSR count). The van der Waals surface area contributed by atoms with Gasteiger partial charge in [-0.25, -0.2) is 13.1 Å². The first-order valence-corrected chi connectivity index (χ1v) is 10.1. The zero-order valence-electron chi connectivity index (χ0n) is 13.3. The van der Waals surface area contributed by atoms with E-state index in [0.717, 1.165) is 16.3 Å². The second-order valence-corrected chi connectivity index (χ2v) is 8.40. The van der Waals surface area contributed by atoms with Gasteiger partial charge in [0.2, 0.25) is 0 Å². The smallest absolute Gasteiger partial charge is 0.250 e. The zero-order valence-corrected chi connectivity index (χ0v) is 15.0. The van der Waals surface area contributed by atoms with E-state index in [1.807, 2.05) is 42.5 Å². The summed E-state index contributed by atoms with van der Waals surface area (Å²) in [4.78, 5) is 10.5. The Morgan fingerprint density at radius 3 is 2.56 bits per heavy atom. The standard InChI is InChI=1S/C19H17NO3S2/c21-12-4-3-8-18(20-25(22,23)19-9-5-13-24-19)17-11-10-15-6-1-2-7-16(15)14-17/h1-7,9-14,18,20H,8H2/b4-3+/t18-/m1/s1. The first kappa shape index (κ1) is 17.5. The van der Waals surface area contributed by atoms with Crippen LogP contribution in [-0.2, 0) is 14.8 Å². The molecule has 0 radical (unpaired) electrons. The molecular weight excluding hydrogens is 354 g/mol. The molecule has 2 aromatic carbocycles. The average molecular weight is 371 g/mol. The largest absolute Gasteiger partial charge is 0.299 e. The molecule has 1 atom stereocenters. The Morgan fingerprint density at radius 2 is 1.84 bits per heavy atom. The summed E-state index contributed by atoms with van der Waals surface area (Å²) >= 11 is 1.17. The first-order valence-electron chi connectivity index (χ1n) is 7.75. The molecule has 6 heteroatoms. The molecule has 0 bridgehead atoms. The van der Waals surface area contributed by atoms with Crippen molar-refractivity contribution in [3.63, 3.8) is 0 Å². The maximum atomic E-state index is 12.6. The third kappa shape index (κ3) is 4.22. The fourth-order valence-electron chi connectivity index (χ4n) is 2.61.